The van der Waals surface area contributed by atoms with Gasteiger partial charge in [-0.2, -0.15) is 0 Å². The molecule has 0 heterocycles. The molecule has 5 nitrogen and oxygen atoms in total. The van der Waals surface area contributed by atoms with Gasteiger partial charge in [-0.1, -0.05) is 40.9 Å². The molecule has 136 valence electrons. The molecule has 0 aliphatic heterocycles. The molecule has 0 atom stereocenters. The Kier molecular flexibility index (Phi) is 5.91. The SMILES string of the molecule is O=C(COc1cccc(NC(=O)C2CC2)c1)Nc1cc(Cl)c(Cl)cc1Cl. The molecule has 1 aliphatic rings. The van der Waals surface area contributed by atoms with Gasteiger partial charge in [0.1, 0.15) is 5.75 Å². The average Bonchev–Trinajstić information content (AvgIpc) is 3.43. The molecule has 0 spiro atoms. The van der Waals surface area contributed by atoms with E-state index in [1.807, 2.05) is 0 Å². The summed E-state index contributed by atoms with van der Waals surface area (Å²) in [6.45, 7) is -0.226. The summed E-state index contributed by atoms with van der Waals surface area (Å²) in [6, 6.07) is 9.80. The molecule has 26 heavy (non-hydrogen) atoms. The van der Waals surface area contributed by atoms with E-state index in [0.29, 0.717) is 22.1 Å². The molecule has 3 rings (SSSR count). The number of carbonyl (C=O) groups excluding carboxylic acids is 2. The number of ether oxygens (including phenoxy) is 1. The fourth-order valence-corrected chi connectivity index (χ4v) is 2.80. The van der Waals surface area contributed by atoms with E-state index in [1.54, 1.807) is 24.3 Å². The molecule has 2 aromatic rings. The normalized spacial score (nSPS) is 13.2. The van der Waals surface area contributed by atoms with E-state index < -0.39 is 5.91 Å². The van der Waals surface area contributed by atoms with Crippen molar-refractivity contribution in [2.24, 2.45) is 5.92 Å². The van der Waals surface area contributed by atoms with Crippen molar-refractivity contribution in [3.8, 4) is 5.75 Å². The minimum atomic E-state index is -0.405. The molecule has 0 radical (unpaired) electrons. The van der Waals surface area contributed by atoms with Crippen molar-refractivity contribution in [3.63, 3.8) is 0 Å². The van der Waals surface area contributed by atoms with Crippen LogP contribution >= 0.6 is 34.8 Å². The smallest absolute Gasteiger partial charge is 0.262 e. The quantitative estimate of drug-likeness (QED) is 0.654. The van der Waals surface area contributed by atoms with Crippen LogP contribution in [0.15, 0.2) is 36.4 Å². The fraction of sp³-hybridized carbons (Fsp3) is 0.222. The molecule has 1 fully saturated rings. The Bertz CT molecular complexity index is 854. The van der Waals surface area contributed by atoms with Crippen LogP contribution in [-0.2, 0) is 9.59 Å². The predicted octanol–water partition coefficient (Wildman–Crippen LogP) is 5.01. The van der Waals surface area contributed by atoms with Crippen molar-refractivity contribution in [2.75, 3.05) is 17.2 Å². The van der Waals surface area contributed by atoms with Crippen LogP contribution in [0.25, 0.3) is 0 Å². The summed E-state index contributed by atoms with van der Waals surface area (Å²) in [6.07, 6.45) is 1.86. The zero-order valence-electron chi connectivity index (χ0n) is 13.5. The minimum absolute atomic E-state index is 0.00847. The third-order valence-electron chi connectivity index (χ3n) is 3.70. The summed E-state index contributed by atoms with van der Waals surface area (Å²) in [5.41, 5.74) is 0.979. The molecule has 0 bridgehead atoms. The van der Waals surface area contributed by atoms with Gasteiger partial charge in [-0.05, 0) is 37.1 Å². The highest BCUT2D eigenvalue weighted by molar-refractivity contribution is 6.44. The van der Waals surface area contributed by atoms with Crippen LogP contribution in [0.2, 0.25) is 15.1 Å². The molecule has 2 amide bonds. The second-order valence-corrected chi connectivity index (χ2v) is 7.10. The van der Waals surface area contributed by atoms with Crippen LogP contribution in [0.3, 0.4) is 0 Å². The van der Waals surface area contributed by atoms with Gasteiger partial charge in [0.25, 0.3) is 5.91 Å². The third-order valence-corrected chi connectivity index (χ3v) is 4.74. The number of anilines is 2. The molecule has 0 unspecified atom stereocenters. The number of rotatable bonds is 6. The molecule has 1 saturated carbocycles. The van der Waals surface area contributed by atoms with Crippen LogP contribution in [-0.4, -0.2) is 18.4 Å². The molecule has 8 heteroatoms. The standard InChI is InChI=1S/C18H15Cl3N2O3/c19-13-7-15(21)16(8-14(13)20)23-17(24)9-26-12-3-1-2-11(6-12)22-18(25)10-4-5-10/h1-3,6-8,10H,4-5,9H2,(H,22,25)(H,23,24). The Morgan fingerprint density at radius 3 is 2.46 bits per heavy atom. The summed E-state index contributed by atoms with van der Waals surface area (Å²) in [7, 11) is 0. The Morgan fingerprint density at radius 1 is 1.00 bits per heavy atom. The third kappa shape index (κ3) is 5.04. The molecule has 1 aliphatic carbocycles. The van der Waals surface area contributed by atoms with Crippen LogP contribution in [0, 0.1) is 5.92 Å². The molecule has 0 saturated heterocycles. The number of hydrogen-bond acceptors (Lipinski definition) is 3. The first-order chi connectivity index (χ1) is 12.4. The van der Waals surface area contributed by atoms with Gasteiger partial charge in [-0.15, -0.1) is 0 Å². The fourth-order valence-electron chi connectivity index (χ4n) is 2.21. The van der Waals surface area contributed by atoms with Gasteiger partial charge in [-0.25, -0.2) is 0 Å². The maximum absolute atomic E-state index is 12.1. The number of amides is 2. The molecule has 2 aromatic carbocycles. The van der Waals surface area contributed by atoms with Crippen molar-refractivity contribution < 1.29 is 14.3 Å². The molecule has 0 aromatic heterocycles. The Balaban J connectivity index is 1.56. The van der Waals surface area contributed by atoms with Gasteiger partial charge < -0.3 is 15.4 Å². The lowest BCUT2D eigenvalue weighted by molar-refractivity contribution is -0.118. The van der Waals surface area contributed by atoms with Crippen molar-refractivity contribution >= 4 is 58.0 Å². The second kappa shape index (κ2) is 8.16. The Morgan fingerprint density at radius 2 is 1.73 bits per heavy atom. The first-order valence-electron chi connectivity index (χ1n) is 7.90. The van der Waals surface area contributed by atoms with E-state index in [9.17, 15) is 9.59 Å². The van der Waals surface area contributed by atoms with E-state index in [1.165, 1.54) is 12.1 Å². The van der Waals surface area contributed by atoms with E-state index >= 15 is 0 Å². The lowest BCUT2D eigenvalue weighted by atomic mass is 10.3. The second-order valence-electron chi connectivity index (χ2n) is 5.87. The van der Waals surface area contributed by atoms with Crippen LogP contribution in [0.5, 0.6) is 5.75 Å². The number of hydrogen-bond donors (Lipinski definition) is 2. The monoisotopic (exact) mass is 412 g/mol. The summed E-state index contributed by atoms with van der Waals surface area (Å²) in [5.74, 6) is 0.183. The summed E-state index contributed by atoms with van der Waals surface area (Å²) in [5, 5.41) is 6.30. The highest BCUT2D eigenvalue weighted by atomic mass is 35.5. The Labute approximate surface area is 165 Å². The highest BCUT2D eigenvalue weighted by Crippen LogP contribution is 2.32. The van der Waals surface area contributed by atoms with E-state index in [2.05, 4.69) is 10.6 Å². The molecule has 2 N–H and O–H groups in total. The van der Waals surface area contributed by atoms with Gasteiger partial charge in [0.05, 0.1) is 20.8 Å². The van der Waals surface area contributed by atoms with Crippen molar-refractivity contribution in [3.05, 3.63) is 51.5 Å². The maximum atomic E-state index is 12.1. The van der Waals surface area contributed by atoms with Crippen molar-refractivity contribution in [2.45, 2.75) is 12.8 Å². The van der Waals surface area contributed by atoms with Crippen LogP contribution < -0.4 is 15.4 Å². The summed E-state index contributed by atoms with van der Waals surface area (Å²) in [4.78, 5) is 23.8. The van der Waals surface area contributed by atoms with Gasteiger partial charge in [0, 0.05) is 17.7 Å². The first kappa shape index (κ1) is 18.8. The van der Waals surface area contributed by atoms with Gasteiger partial charge in [0.15, 0.2) is 6.61 Å². The zero-order chi connectivity index (χ0) is 18.7. The first-order valence-corrected chi connectivity index (χ1v) is 9.04. The van der Waals surface area contributed by atoms with Crippen LogP contribution in [0.1, 0.15) is 12.8 Å². The lowest BCUT2D eigenvalue weighted by Gasteiger charge is -2.11. The maximum Gasteiger partial charge on any atom is 0.262 e. The van der Waals surface area contributed by atoms with E-state index in [4.69, 9.17) is 39.5 Å². The summed E-state index contributed by atoms with van der Waals surface area (Å²) >= 11 is 17.8. The molecular formula is C18H15Cl3N2O3. The Hall–Kier alpha value is -1.95. The number of nitrogens with one attached hydrogen (secondary N) is 2. The lowest BCUT2D eigenvalue weighted by Crippen LogP contribution is -2.20. The predicted molar refractivity (Wildman–Crippen MR) is 103 cm³/mol. The highest BCUT2D eigenvalue weighted by Gasteiger charge is 2.29. The van der Waals surface area contributed by atoms with Crippen molar-refractivity contribution in [1.82, 2.24) is 0 Å². The largest absolute Gasteiger partial charge is 0.484 e. The van der Waals surface area contributed by atoms with E-state index in [0.717, 1.165) is 12.8 Å². The number of halogens is 3. The van der Waals surface area contributed by atoms with Gasteiger partial charge in [0.2, 0.25) is 5.91 Å². The van der Waals surface area contributed by atoms with Crippen molar-refractivity contribution in [1.29, 1.82) is 0 Å². The van der Waals surface area contributed by atoms with Gasteiger partial charge >= 0.3 is 0 Å². The van der Waals surface area contributed by atoms with E-state index in [-0.39, 0.29) is 28.5 Å². The topological polar surface area (TPSA) is 67.4 Å². The zero-order valence-corrected chi connectivity index (χ0v) is 15.8. The number of carbonyl (C=O) groups is 2. The van der Waals surface area contributed by atoms with Crippen LogP contribution in [0.4, 0.5) is 11.4 Å². The average molecular weight is 414 g/mol. The number of benzene rings is 2. The molecular weight excluding hydrogens is 399 g/mol. The van der Waals surface area contributed by atoms with Gasteiger partial charge in [-0.3, -0.25) is 9.59 Å². The summed E-state index contributed by atoms with van der Waals surface area (Å²) < 4.78 is 5.47. The minimum Gasteiger partial charge on any atom is -0.484 e.